The van der Waals surface area contributed by atoms with Crippen LogP contribution in [0, 0.1) is 5.92 Å². The minimum absolute atomic E-state index is 0.0472. The molecular weight excluding hydrogens is 254 g/mol. The van der Waals surface area contributed by atoms with Crippen molar-refractivity contribution in [3.8, 4) is 0 Å². The Hall–Kier alpha value is -0.650. The first-order valence-corrected chi connectivity index (χ1v) is 7.94. The number of hydrogen-bond acceptors (Lipinski definition) is 4. The second-order valence-electron chi connectivity index (χ2n) is 6.34. The van der Waals surface area contributed by atoms with E-state index in [0.29, 0.717) is 12.6 Å². The minimum Gasteiger partial charge on any atom is -0.375 e. The van der Waals surface area contributed by atoms with Gasteiger partial charge in [0.15, 0.2) is 0 Å². The van der Waals surface area contributed by atoms with Crippen LogP contribution in [0.5, 0.6) is 0 Å². The molecule has 0 radical (unpaired) electrons. The van der Waals surface area contributed by atoms with Crippen molar-refractivity contribution in [2.45, 2.75) is 51.8 Å². The molecule has 2 rings (SSSR count). The van der Waals surface area contributed by atoms with Crippen LogP contribution in [0.1, 0.15) is 33.6 Å². The zero-order valence-corrected chi connectivity index (χ0v) is 13.0. The molecule has 5 heteroatoms. The summed E-state index contributed by atoms with van der Waals surface area (Å²) in [5.74, 6) is 0.837. The Morgan fingerprint density at radius 2 is 2.30 bits per heavy atom. The first-order chi connectivity index (χ1) is 9.58. The molecule has 2 N–H and O–H groups in total. The van der Waals surface area contributed by atoms with Gasteiger partial charge in [0.25, 0.3) is 0 Å². The molecule has 0 aromatic heterocycles. The maximum absolute atomic E-state index is 12.2. The number of amides is 1. The molecule has 2 fully saturated rings. The number of likely N-dealkylation sites (tertiary alicyclic amines) is 1. The average molecular weight is 283 g/mol. The summed E-state index contributed by atoms with van der Waals surface area (Å²) in [7, 11) is 0. The molecule has 0 aromatic carbocycles. The molecule has 0 aromatic rings. The third-order valence-electron chi connectivity index (χ3n) is 4.48. The molecular formula is C15H29N3O2. The van der Waals surface area contributed by atoms with Crippen molar-refractivity contribution in [3.63, 3.8) is 0 Å². The maximum atomic E-state index is 12.2. The van der Waals surface area contributed by atoms with Gasteiger partial charge >= 0.3 is 0 Å². The average Bonchev–Trinajstić information content (AvgIpc) is 2.45. The van der Waals surface area contributed by atoms with Crippen LogP contribution in [-0.4, -0.2) is 61.8 Å². The highest BCUT2D eigenvalue weighted by Gasteiger charge is 2.29. The first kappa shape index (κ1) is 15.7. The van der Waals surface area contributed by atoms with E-state index >= 15 is 0 Å². The van der Waals surface area contributed by atoms with Gasteiger partial charge in [0.1, 0.15) is 6.04 Å². The van der Waals surface area contributed by atoms with Crippen LogP contribution >= 0.6 is 0 Å². The Bertz CT molecular complexity index is 324. The SMILES string of the molecule is CC1CCCN(C(C)CNC(=O)[C@H]2NCCO[C@@H]2C)C1. The van der Waals surface area contributed by atoms with Gasteiger partial charge in [0, 0.05) is 25.7 Å². The van der Waals surface area contributed by atoms with Crippen molar-refractivity contribution >= 4 is 5.91 Å². The maximum Gasteiger partial charge on any atom is 0.239 e. The van der Waals surface area contributed by atoms with Crippen molar-refractivity contribution in [2.75, 3.05) is 32.8 Å². The third kappa shape index (κ3) is 4.17. The Balaban J connectivity index is 1.74. The van der Waals surface area contributed by atoms with Gasteiger partial charge in [-0.15, -0.1) is 0 Å². The highest BCUT2D eigenvalue weighted by Crippen LogP contribution is 2.17. The van der Waals surface area contributed by atoms with Gasteiger partial charge in [-0.1, -0.05) is 6.92 Å². The first-order valence-electron chi connectivity index (χ1n) is 7.94. The summed E-state index contributed by atoms with van der Waals surface area (Å²) in [6.07, 6.45) is 2.55. The highest BCUT2D eigenvalue weighted by molar-refractivity contribution is 5.82. The van der Waals surface area contributed by atoms with E-state index in [2.05, 4.69) is 29.4 Å². The molecule has 0 aliphatic carbocycles. The van der Waals surface area contributed by atoms with Gasteiger partial charge in [-0.05, 0) is 39.2 Å². The molecule has 0 bridgehead atoms. The van der Waals surface area contributed by atoms with Crippen LogP contribution in [0.4, 0.5) is 0 Å². The Kier molecular flexibility index (Phi) is 5.81. The number of morpholine rings is 1. The van der Waals surface area contributed by atoms with Crippen molar-refractivity contribution in [3.05, 3.63) is 0 Å². The van der Waals surface area contributed by atoms with Crippen LogP contribution in [0.3, 0.4) is 0 Å². The van der Waals surface area contributed by atoms with E-state index in [1.54, 1.807) is 0 Å². The molecule has 0 spiro atoms. The van der Waals surface area contributed by atoms with Crippen molar-refractivity contribution in [2.24, 2.45) is 5.92 Å². The lowest BCUT2D eigenvalue weighted by Gasteiger charge is -2.36. The predicted octanol–water partition coefficient (Wildman–Crippen LogP) is 0.600. The predicted molar refractivity (Wildman–Crippen MR) is 79.6 cm³/mol. The normalized spacial score (nSPS) is 33.6. The molecule has 2 aliphatic heterocycles. The number of carbonyl (C=O) groups excluding carboxylic acids is 1. The number of ether oxygens (including phenoxy) is 1. The van der Waals surface area contributed by atoms with Crippen LogP contribution < -0.4 is 10.6 Å². The topological polar surface area (TPSA) is 53.6 Å². The van der Waals surface area contributed by atoms with Crippen molar-refractivity contribution < 1.29 is 9.53 Å². The standard InChI is InChI=1S/C15H29N3O2/c1-11-5-4-7-18(10-11)12(2)9-17-15(19)14-13(3)20-8-6-16-14/h11-14,16H,4-10H2,1-3H3,(H,17,19)/t11?,12?,13-,14+/m1/s1. The minimum atomic E-state index is -0.212. The molecule has 1 amide bonds. The molecule has 5 nitrogen and oxygen atoms in total. The summed E-state index contributed by atoms with van der Waals surface area (Å²) in [4.78, 5) is 14.7. The number of piperidine rings is 1. The molecule has 4 atom stereocenters. The van der Waals surface area contributed by atoms with E-state index in [-0.39, 0.29) is 18.1 Å². The van der Waals surface area contributed by atoms with E-state index in [1.807, 2.05) is 6.92 Å². The van der Waals surface area contributed by atoms with Gasteiger partial charge in [0.2, 0.25) is 5.91 Å². The lowest BCUT2D eigenvalue weighted by molar-refractivity contribution is -0.129. The smallest absolute Gasteiger partial charge is 0.239 e. The number of carbonyl (C=O) groups is 1. The van der Waals surface area contributed by atoms with Gasteiger partial charge in [-0.3, -0.25) is 9.69 Å². The zero-order chi connectivity index (χ0) is 14.5. The van der Waals surface area contributed by atoms with E-state index in [9.17, 15) is 4.79 Å². The fraction of sp³-hybridized carbons (Fsp3) is 0.933. The Morgan fingerprint density at radius 1 is 1.50 bits per heavy atom. The molecule has 0 saturated carbocycles. The quantitative estimate of drug-likeness (QED) is 0.793. The summed E-state index contributed by atoms with van der Waals surface area (Å²) < 4.78 is 5.52. The fourth-order valence-electron chi connectivity index (χ4n) is 3.14. The number of hydrogen-bond donors (Lipinski definition) is 2. The molecule has 2 saturated heterocycles. The van der Waals surface area contributed by atoms with E-state index in [1.165, 1.54) is 12.8 Å². The lowest BCUT2D eigenvalue weighted by atomic mass is 9.99. The van der Waals surface area contributed by atoms with E-state index in [0.717, 1.165) is 32.1 Å². The summed E-state index contributed by atoms with van der Waals surface area (Å²) in [6, 6.07) is 0.192. The van der Waals surface area contributed by atoms with Crippen molar-refractivity contribution in [1.29, 1.82) is 0 Å². The van der Waals surface area contributed by atoms with Crippen LogP contribution in [0.2, 0.25) is 0 Å². The number of nitrogens with one attached hydrogen (secondary N) is 2. The highest BCUT2D eigenvalue weighted by atomic mass is 16.5. The Morgan fingerprint density at radius 3 is 3.00 bits per heavy atom. The van der Waals surface area contributed by atoms with E-state index in [4.69, 9.17) is 4.74 Å². The van der Waals surface area contributed by atoms with Gasteiger partial charge in [-0.2, -0.15) is 0 Å². The molecule has 116 valence electrons. The van der Waals surface area contributed by atoms with Crippen molar-refractivity contribution in [1.82, 2.24) is 15.5 Å². The molecule has 2 unspecified atom stereocenters. The molecule has 20 heavy (non-hydrogen) atoms. The molecule has 2 heterocycles. The monoisotopic (exact) mass is 283 g/mol. The van der Waals surface area contributed by atoms with Gasteiger partial charge < -0.3 is 15.4 Å². The van der Waals surface area contributed by atoms with Crippen LogP contribution in [0.15, 0.2) is 0 Å². The number of nitrogens with zero attached hydrogens (tertiary/aromatic N) is 1. The fourth-order valence-corrected chi connectivity index (χ4v) is 3.14. The number of rotatable bonds is 4. The third-order valence-corrected chi connectivity index (χ3v) is 4.48. The second-order valence-corrected chi connectivity index (χ2v) is 6.34. The zero-order valence-electron chi connectivity index (χ0n) is 13.0. The second kappa shape index (κ2) is 7.38. The van der Waals surface area contributed by atoms with Crippen LogP contribution in [-0.2, 0) is 9.53 Å². The lowest BCUT2D eigenvalue weighted by Crippen LogP contribution is -2.57. The van der Waals surface area contributed by atoms with E-state index < -0.39 is 0 Å². The van der Waals surface area contributed by atoms with Gasteiger partial charge in [-0.25, -0.2) is 0 Å². The molecule has 2 aliphatic rings. The summed E-state index contributed by atoms with van der Waals surface area (Å²) in [5, 5.41) is 6.30. The van der Waals surface area contributed by atoms with Gasteiger partial charge in [0.05, 0.1) is 12.7 Å². The van der Waals surface area contributed by atoms with Crippen LogP contribution in [0.25, 0.3) is 0 Å². The Labute approximate surface area is 122 Å². The largest absolute Gasteiger partial charge is 0.375 e. The summed E-state index contributed by atoms with van der Waals surface area (Å²) in [5.41, 5.74) is 0. The summed E-state index contributed by atoms with van der Waals surface area (Å²) >= 11 is 0. The summed E-state index contributed by atoms with van der Waals surface area (Å²) in [6.45, 7) is 10.9.